The van der Waals surface area contributed by atoms with Crippen LogP contribution in [-0.2, 0) is 4.79 Å². The Kier molecular flexibility index (Phi) is 6.53. The van der Waals surface area contributed by atoms with Crippen molar-refractivity contribution in [1.29, 1.82) is 0 Å². The van der Waals surface area contributed by atoms with Crippen LogP contribution in [0.5, 0.6) is 5.75 Å². The molecule has 1 atom stereocenters. The van der Waals surface area contributed by atoms with Crippen LogP contribution < -0.4 is 10.2 Å². The summed E-state index contributed by atoms with van der Waals surface area (Å²) in [5.41, 5.74) is 4.60. The van der Waals surface area contributed by atoms with Crippen molar-refractivity contribution in [1.82, 2.24) is 10.2 Å². The number of aryl methyl sites for hydroxylation is 1. The number of phenolic OH excluding ortho intramolecular Hbond substituents is 1. The smallest absolute Gasteiger partial charge is 0.236 e. The fraction of sp³-hybridized carbons (Fsp3) is 0.269. The number of carbonyl (C=O) groups is 1. The molecule has 1 saturated heterocycles. The second kappa shape index (κ2) is 9.67. The number of anilines is 1. The third kappa shape index (κ3) is 5.25. The first kappa shape index (κ1) is 20.9. The standard InChI is InChI=1S/C26H29N3O2/c1-20-7-9-22(10-8-20)26(21-5-3-2-4-6-21)27-19-25(31)29-17-15-28(16-18-29)23-11-13-24(30)14-12-23/h2-14,26-27,30H,15-19H2,1H3/t26-/m1/s1. The lowest BCUT2D eigenvalue weighted by Crippen LogP contribution is -2.51. The number of carbonyl (C=O) groups excluding carboxylic acids is 1. The van der Waals surface area contributed by atoms with E-state index in [1.54, 1.807) is 12.1 Å². The fourth-order valence-electron chi connectivity index (χ4n) is 4.01. The second-order valence-electron chi connectivity index (χ2n) is 8.02. The molecule has 4 rings (SSSR count). The van der Waals surface area contributed by atoms with Crippen molar-refractivity contribution in [2.45, 2.75) is 13.0 Å². The van der Waals surface area contributed by atoms with Crippen LogP contribution in [-0.4, -0.2) is 48.6 Å². The quantitative estimate of drug-likeness (QED) is 0.644. The molecule has 1 fully saturated rings. The Bertz CT molecular complexity index is 979. The zero-order valence-electron chi connectivity index (χ0n) is 17.9. The van der Waals surface area contributed by atoms with Crippen LogP contribution in [0.1, 0.15) is 22.7 Å². The van der Waals surface area contributed by atoms with E-state index in [-0.39, 0.29) is 17.7 Å². The van der Waals surface area contributed by atoms with Gasteiger partial charge in [-0.05, 0) is 42.3 Å². The van der Waals surface area contributed by atoms with Gasteiger partial charge in [-0.2, -0.15) is 0 Å². The first-order valence-corrected chi connectivity index (χ1v) is 10.8. The van der Waals surface area contributed by atoms with Gasteiger partial charge in [-0.3, -0.25) is 10.1 Å². The Morgan fingerprint density at radius 3 is 2.13 bits per heavy atom. The number of amides is 1. The van der Waals surface area contributed by atoms with E-state index in [0.29, 0.717) is 19.6 Å². The summed E-state index contributed by atoms with van der Waals surface area (Å²) in [5, 5.41) is 13.0. The maximum absolute atomic E-state index is 12.9. The summed E-state index contributed by atoms with van der Waals surface area (Å²) in [7, 11) is 0. The molecule has 0 aliphatic carbocycles. The number of nitrogens with one attached hydrogen (secondary N) is 1. The predicted molar refractivity (Wildman–Crippen MR) is 124 cm³/mol. The van der Waals surface area contributed by atoms with Gasteiger partial charge in [0.05, 0.1) is 12.6 Å². The number of nitrogens with zero attached hydrogens (tertiary/aromatic N) is 2. The zero-order valence-corrected chi connectivity index (χ0v) is 17.9. The third-order valence-electron chi connectivity index (χ3n) is 5.85. The highest BCUT2D eigenvalue weighted by Crippen LogP contribution is 2.23. The second-order valence-corrected chi connectivity index (χ2v) is 8.02. The van der Waals surface area contributed by atoms with E-state index in [1.807, 2.05) is 35.2 Å². The lowest BCUT2D eigenvalue weighted by atomic mass is 9.98. The van der Waals surface area contributed by atoms with Crippen LogP contribution in [0.2, 0.25) is 0 Å². The average molecular weight is 416 g/mol. The molecule has 0 aromatic heterocycles. The molecule has 1 aliphatic heterocycles. The van der Waals surface area contributed by atoms with E-state index in [0.717, 1.165) is 29.9 Å². The maximum Gasteiger partial charge on any atom is 0.236 e. The van der Waals surface area contributed by atoms with E-state index >= 15 is 0 Å². The van der Waals surface area contributed by atoms with Crippen molar-refractivity contribution in [3.63, 3.8) is 0 Å². The summed E-state index contributed by atoms with van der Waals surface area (Å²) in [6.45, 7) is 5.35. The molecule has 31 heavy (non-hydrogen) atoms. The molecule has 1 aliphatic rings. The highest BCUT2D eigenvalue weighted by molar-refractivity contribution is 5.78. The lowest BCUT2D eigenvalue weighted by Gasteiger charge is -2.36. The summed E-state index contributed by atoms with van der Waals surface area (Å²) in [6, 6.07) is 25.9. The van der Waals surface area contributed by atoms with Crippen LogP contribution in [0.3, 0.4) is 0 Å². The minimum absolute atomic E-state index is 0.0240. The Labute approximate surface area is 183 Å². The van der Waals surface area contributed by atoms with E-state index in [2.05, 4.69) is 53.5 Å². The molecule has 5 nitrogen and oxygen atoms in total. The summed E-state index contributed by atoms with van der Waals surface area (Å²) in [6.07, 6.45) is 0. The Morgan fingerprint density at radius 1 is 0.871 bits per heavy atom. The zero-order chi connectivity index (χ0) is 21.6. The molecule has 1 amide bonds. The molecule has 3 aromatic carbocycles. The highest BCUT2D eigenvalue weighted by atomic mass is 16.3. The molecule has 160 valence electrons. The molecule has 0 bridgehead atoms. The Hall–Kier alpha value is -3.31. The van der Waals surface area contributed by atoms with Gasteiger partial charge in [-0.15, -0.1) is 0 Å². The van der Waals surface area contributed by atoms with E-state index in [1.165, 1.54) is 5.56 Å². The van der Waals surface area contributed by atoms with Gasteiger partial charge >= 0.3 is 0 Å². The summed E-state index contributed by atoms with van der Waals surface area (Å²) < 4.78 is 0. The molecular formula is C26H29N3O2. The molecule has 0 unspecified atom stereocenters. The maximum atomic E-state index is 12.9. The molecule has 1 heterocycles. The van der Waals surface area contributed by atoms with E-state index in [4.69, 9.17) is 0 Å². The topological polar surface area (TPSA) is 55.8 Å². The summed E-state index contributed by atoms with van der Waals surface area (Å²) in [4.78, 5) is 17.1. The summed E-state index contributed by atoms with van der Waals surface area (Å²) in [5.74, 6) is 0.392. The molecule has 3 aromatic rings. The normalized spacial score (nSPS) is 15.0. The molecule has 0 radical (unpaired) electrons. The van der Waals surface area contributed by atoms with Gasteiger partial charge in [0.25, 0.3) is 0 Å². The Morgan fingerprint density at radius 2 is 1.48 bits per heavy atom. The molecule has 0 saturated carbocycles. The Balaban J connectivity index is 1.37. The lowest BCUT2D eigenvalue weighted by molar-refractivity contribution is -0.130. The number of piperazine rings is 1. The van der Waals surface area contributed by atoms with Crippen molar-refractivity contribution in [3.05, 3.63) is 95.6 Å². The summed E-state index contributed by atoms with van der Waals surface area (Å²) >= 11 is 0. The highest BCUT2D eigenvalue weighted by Gasteiger charge is 2.22. The molecular weight excluding hydrogens is 386 g/mol. The van der Waals surface area contributed by atoms with Gasteiger partial charge in [0.2, 0.25) is 5.91 Å². The largest absolute Gasteiger partial charge is 0.508 e. The SMILES string of the molecule is Cc1ccc([C@H](NCC(=O)N2CCN(c3ccc(O)cc3)CC2)c2ccccc2)cc1. The number of hydrogen-bond donors (Lipinski definition) is 2. The molecule has 2 N–H and O–H groups in total. The van der Waals surface area contributed by atoms with Crippen LogP contribution in [0.4, 0.5) is 5.69 Å². The van der Waals surface area contributed by atoms with Gasteiger partial charge in [0.15, 0.2) is 0 Å². The van der Waals surface area contributed by atoms with Crippen LogP contribution >= 0.6 is 0 Å². The first-order chi connectivity index (χ1) is 15.1. The number of aromatic hydroxyl groups is 1. The number of phenols is 1. The van der Waals surface area contributed by atoms with Gasteiger partial charge < -0.3 is 14.9 Å². The van der Waals surface area contributed by atoms with Crippen molar-refractivity contribution in [3.8, 4) is 5.75 Å². The average Bonchev–Trinajstić information content (AvgIpc) is 2.81. The third-order valence-corrected chi connectivity index (χ3v) is 5.85. The minimum Gasteiger partial charge on any atom is -0.508 e. The van der Waals surface area contributed by atoms with Crippen LogP contribution in [0.15, 0.2) is 78.9 Å². The van der Waals surface area contributed by atoms with Crippen molar-refractivity contribution in [2.75, 3.05) is 37.6 Å². The van der Waals surface area contributed by atoms with Gasteiger partial charge in [-0.25, -0.2) is 0 Å². The van der Waals surface area contributed by atoms with Crippen LogP contribution in [0.25, 0.3) is 0 Å². The van der Waals surface area contributed by atoms with Crippen molar-refractivity contribution in [2.24, 2.45) is 0 Å². The van der Waals surface area contributed by atoms with Crippen molar-refractivity contribution >= 4 is 11.6 Å². The van der Waals surface area contributed by atoms with Gasteiger partial charge in [0.1, 0.15) is 5.75 Å². The predicted octanol–water partition coefficient (Wildman–Crippen LogP) is 3.73. The van der Waals surface area contributed by atoms with E-state index < -0.39 is 0 Å². The number of benzene rings is 3. The van der Waals surface area contributed by atoms with Crippen LogP contribution in [0, 0.1) is 6.92 Å². The first-order valence-electron chi connectivity index (χ1n) is 10.8. The van der Waals surface area contributed by atoms with Crippen molar-refractivity contribution < 1.29 is 9.90 Å². The van der Waals surface area contributed by atoms with Gasteiger partial charge in [0, 0.05) is 31.9 Å². The number of hydrogen-bond acceptors (Lipinski definition) is 4. The molecule has 5 heteroatoms. The number of rotatable bonds is 6. The minimum atomic E-state index is -0.0240. The monoisotopic (exact) mass is 415 g/mol. The van der Waals surface area contributed by atoms with E-state index in [9.17, 15) is 9.90 Å². The van der Waals surface area contributed by atoms with Gasteiger partial charge in [-0.1, -0.05) is 60.2 Å². The fourth-order valence-corrected chi connectivity index (χ4v) is 4.01. The molecule has 0 spiro atoms.